The first-order chi connectivity index (χ1) is 12.5. The fraction of sp³-hybridized carbons (Fsp3) is 0.842. The summed E-state index contributed by atoms with van der Waals surface area (Å²) in [7, 11) is 0. The number of nitrogens with zero attached hydrogens (tertiary/aromatic N) is 1. The number of aliphatic hydroxyl groups is 1. The molecular weight excluding hydrogens is 336 g/mol. The highest BCUT2D eigenvalue weighted by Gasteiger charge is 2.38. The Labute approximate surface area is 155 Å². The van der Waals surface area contributed by atoms with Gasteiger partial charge in [0, 0.05) is 13.0 Å². The summed E-state index contributed by atoms with van der Waals surface area (Å²) in [6, 6.07) is -0.817. The number of carbonyl (C=O) groups excluding carboxylic acids is 2. The third kappa shape index (κ3) is 6.27. The maximum Gasteiger partial charge on any atom is 0.324 e. The van der Waals surface area contributed by atoms with E-state index in [4.69, 9.17) is 5.11 Å². The summed E-state index contributed by atoms with van der Waals surface area (Å²) in [5.41, 5.74) is 0. The summed E-state index contributed by atoms with van der Waals surface area (Å²) in [4.78, 5) is 36.1. The minimum Gasteiger partial charge on any atom is -0.481 e. The van der Waals surface area contributed by atoms with Crippen LogP contribution in [0.15, 0.2) is 0 Å². The average Bonchev–Trinajstić information content (AvgIpc) is 2.89. The molecule has 148 valence electrons. The Morgan fingerprint density at radius 2 is 1.81 bits per heavy atom. The van der Waals surface area contributed by atoms with Crippen molar-refractivity contribution in [2.75, 3.05) is 6.54 Å². The number of nitrogens with one attached hydrogen (secondary N) is 1. The molecule has 3 N–H and O–H groups in total. The van der Waals surface area contributed by atoms with Crippen LogP contribution in [0.5, 0.6) is 0 Å². The molecule has 3 amide bonds. The van der Waals surface area contributed by atoms with Gasteiger partial charge in [-0.2, -0.15) is 0 Å². The van der Waals surface area contributed by atoms with E-state index in [-0.39, 0.29) is 18.4 Å². The molecule has 0 aromatic carbocycles. The van der Waals surface area contributed by atoms with E-state index in [1.54, 1.807) is 4.90 Å². The molecule has 1 saturated heterocycles. The van der Waals surface area contributed by atoms with Crippen LogP contribution >= 0.6 is 0 Å². The first-order valence-corrected chi connectivity index (χ1v) is 10.0. The molecule has 1 aliphatic heterocycles. The summed E-state index contributed by atoms with van der Waals surface area (Å²) in [6.07, 6.45) is 9.62. The topological polar surface area (TPSA) is 107 Å². The predicted octanol–water partition coefficient (Wildman–Crippen LogP) is 2.66. The van der Waals surface area contributed by atoms with E-state index in [9.17, 15) is 19.5 Å². The summed E-state index contributed by atoms with van der Waals surface area (Å²) >= 11 is 0. The van der Waals surface area contributed by atoms with E-state index in [2.05, 4.69) is 5.32 Å². The van der Waals surface area contributed by atoms with Crippen molar-refractivity contribution in [1.29, 1.82) is 0 Å². The molecule has 2 rings (SSSR count). The molecule has 2 atom stereocenters. The maximum atomic E-state index is 12.0. The standard InChI is InChI=1S/C19H32N2O5/c22-16(14-8-4-3-5-9-14)12-13-21-15(18(25)20-19(21)26)10-6-1-2-7-11-17(23)24/h14-16,22H,1-13H2,(H,23,24)(H,20,25,26)/t15-,16?/m0/s1. The van der Waals surface area contributed by atoms with E-state index in [0.29, 0.717) is 31.7 Å². The summed E-state index contributed by atoms with van der Waals surface area (Å²) < 4.78 is 0. The van der Waals surface area contributed by atoms with Gasteiger partial charge >= 0.3 is 12.0 Å². The SMILES string of the molecule is O=C(O)CCCCCC[C@H]1C(=O)NC(=O)N1CCC(O)C1CCCCC1. The predicted molar refractivity (Wildman–Crippen MR) is 96.6 cm³/mol. The second-order valence-corrected chi connectivity index (χ2v) is 7.60. The van der Waals surface area contributed by atoms with Crippen molar-refractivity contribution >= 4 is 17.9 Å². The van der Waals surface area contributed by atoms with Gasteiger partial charge in [-0.15, -0.1) is 0 Å². The Morgan fingerprint density at radius 3 is 2.50 bits per heavy atom. The maximum absolute atomic E-state index is 12.0. The lowest BCUT2D eigenvalue weighted by Crippen LogP contribution is -2.38. The van der Waals surface area contributed by atoms with Crippen LogP contribution in [0.2, 0.25) is 0 Å². The molecule has 0 aromatic rings. The number of rotatable bonds is 11. The Morgan fingerprint density at radius 1 is 1.12 bits per heavy atom. The van der Waals surface area contributed by atoms with Crippen LogP contribution in [-0.2, 0) is 9.59 Å². The molecule has 1 aliphatic carbocycles. The fourth-order valence-electron chi connectivity index (χ4n) is 4.08. The Hall–Kier alpha value is -1.63. The number of carboxylic acids is 1. The number of hydrogen-bond acceptors (Lipinski definition) is 4. The smallest absolute Gasteiger partial charge is 0.324 e. The molecule has 7 heteroatoms. The van der Waals surface area contributed by atoms with Crippen LogP contribution in [0.25, 0.3) is 0 Å². The van der Waals surface area contributed by atoms with Crippen LogP contribution in [-0.4, -0.2) is 51.7 Å². The molecular formula is C19H32N2O5. The third-order valence-electron chi connectivity index (χ3n) is 5.65. The number of imide groups is 1. The number of aliphatic carboxylic acids is 1. The highest BCUT2D eigenvalue weighted by atomic mass is 16.4. The molecule has 0 bridgehead atoms. The Bertz CT molecular complexity index is 490. The van der Waals surface area contributed by atoms with Crippen molar-refractivity contribution in [3.8, 4) is 0 Å². The van der Waals surface area contributed by atoms with Crippen molar-refractivity contribution in [2.24, 2.45) is 5.92 Å². The van der Waals surface area contributed by atoms with Gasteiger partial charge in [0.15, 0.2) is 0 Å². The minimum atomic E-state index is -0.784. The van der Waals surface area contributed by atoms with Crippen LogP contribution in [0.1, 0.15) is 77.0 Å². The first kappa shape index (κ1) is 20.7. The van der Waals surface area contributed by atoms with Crippen molar-refractivity contribution in [3.05, 3.63) is 0 Å². The fourth-order valence-corrected chi connectivity index (χ4v) is 4.08. The molecule has 0 aromatic heterocycles. The molecule has 2 fully saturated rings. The largest absolute Gasteiger partial charge is 0.481 e. The van der Waals surface area contributed by atoms with Crippen molar-refractivity contribution in [3.63, 3.8) is 0 Å². The zero-order valence-corrected chi connectivity index (χ0v) is 15.5. The third-order valence-corrected chi connectivity index (χ3v) is 5.65. The van der Waals surface area contributed by atoms with Crippen molar-refractivity contribution in [2.45, 2.75) is 89.2 Å². The second kappa shape index (κ2) is 10.5. The highest BCUT2D eigenvalue weighted by Crippen LogP contribution is 2.28. The first-order valence-electron chi connectivity index (χ1n) is 10.0. The number of unbranched alkanes of at least 4 members (excludes halogenated alkanes) is 3. The lowest BCUT2D eigenvalue weighted by atomic mass is 9.84. The van der Waals surface area contributed by atoms with E-state index in [1.165, 1.54) is 6.42 Å². The van der Waals surface area contributed by atoms with Crippen LogP contribution in [0.4, 0.5) is 4.79 Å². The summed E-state index contributed by atoms with van der Waals surface area (Å²) in [6.45, 7) is 0.402. The number of urea groups is 1. The normalized spacial score (nSPS) is 22.5. The summed E-state index contributed by atoms with van der Waals surface area (Å²) in [5, 5.41) is 21.4. The zero-order valence-electron chi connectivity index (χ0n) is 15.5. The van der Waals surface area contributed by atoms with Gasteiger partial charge < -0.3 is 15.1 Å². The van der Waals surface area contributed by atoms with Gasteiger partial charge in [0.05, 0.1) is 6.10 Å². The second-order valence-electron chi connectivity index (χ2n) is 7.60. The average molecular weight is 368 g/mol. The van der Waals surface area contributed by atoms with E-state index in [1.807, 2.05) is 0 Å². The molecule has 1 unspecified atom stereocenters. The Balaban J connectivity index is 1.73. The molecule has 1 heterocycles. The number of carbonyl (C=O) groups is 3. The molecule has 26 heavy (non-hydrogen) atoms. The number of aliphatic hydroxyl groups excluding tert-OH is 1. The molecule has 7 nitrogen and oxygen atoms in total. The van der Waals surface area contributed by atoms with Gasteiger partial charge in [-0.05, 0) is 38.0 Å². The monoisotopic (exact) mass is 368 g/mol. The van der Waals surface area contributed by atoms with Gasteiger partial charge in [0.25, 0.3) is 5.91 Å². The van der Waals surface area contributed by atoms with Crippen LogP contribution in [0.3, 0.4) is 0 Å². The molecule has 2 aliphatic rings. The summed E-state index contributed by atoms with van der Waals surface area (Å²) in [5.74, 6) is -0.723. The minimum absolute atomic E-state index is 0.174. The van der Waals surface area contributed by atoms with Gasteiger partial charge in [0.2, 0.25) is 0 Å². The van der Waals surface area contributed by atoms with Crippen LogP contribution < -0.4 is 5.32 Å². The lowest BCUT2D eigenvalue weighted by molar-refractivity contribution is -0.137. The van der Waals surface area contributed by atoms with Gasteiger partial charge in [-0.3, -0.25) is 14.9 Å². The Kier molecular flexibility index (Phi) is 8.35. The van der Waals surface area contributed by atoms with Crippen molar-refractivity contribution in [1.82, 2.24) is 10.2 Å². The van der Waals surface area contributed by atoms with Gasteiger partial charge in [-0.1, -0.05) is 38.5 Å². The quantitative estimate of drug-likeness (QED) is 0.384. The van der Waals surface area contributed by atoms with Crippen LogP contribution in [0, 0.1) is 5.92 Å². The van der Waals surface area contributed by atoms with E-state index in [0.717, 1.165) is 44.9 Å². The number of carboxylic acid groups (broad SMARTS) is 1. The zero-order chi connectivity index (χ0) is 18.9. The number of hydrogen-bond donors (Lipinski definition) is 3. The molecule has 0 radical (unpaired) electrons. The van der Waals surface area contributed by atoms with E-state index < -0.39 is 18.1 Å². The highest BCUT2D eigenvalue weighted by molar-refractivity contribution is 6.04. The molecule has 1 saturated carbocycles. The number of amides is 3. The van der Waals surface area contributed by atoms with Gasteiger partial charge in [-0.25, -0.2) is 4.79 Å². The van der Waals surface area contributed by atoms with E-state index >= 15 is 0 Å². The van der Waals surface area contributed by atoms with Gasteiger partial charge in [0.1, 0.15) is 6.04 Å². The van der Waals surface area contributed by atoms with Crippen molar-refractivity contribution < 1.29 is 24.6 Å². The lowest BCUT2D eigenvalue weighted by Gasteiger charge is -2.29. The molecule has 0 spiro atoms.